The van der Waals surface area contributed by atoms with Crippen LogP contribution in [0.3, 0.4) is 0 Å². The summed E-state index contributed by atoms with van der Waals surface area (Å²) >= 11 is 5.74. The van der Waals surface area contributed by atoms with Crippen LogP contribution in [0.2, 0.25) is 5.15 Å². The van der Waals surface area contributed by atoms with E-state index in [-0.39, 0.29) is 42.6 Å². The minimum Gasteiger partial charge on any atom is -0.338 e. The second kappa shape index (κ2) is 9.96. The van der Waals surface area contributed by atoms with Gasteiger partial charge in [-0.25, -0.2) is 18.1 Å². The average molecular weight is 524 g/mol. The third-order valence-electron chi connectivity index (χ3n) is 5.76. The number of piperidine rings is 1. The van der Waals surface area contributed by atoms with Crippen molar-refractivity contribution in [1.29, 1.82) is 0 Å². The summed E-state index contributed by atoms with van der Waals surface area (Å²) in [6.07, 6.45) is -2.99. The number of likely N-dealkylation sites (tertiary alicyclic amines) is 1. The van der Waals surface area contributed by atoms with Crippen molar-refractivity contribution >= 4 is 27.5 Å². The molecule has 1 aliphatic rings. The molecule has 35 heavy (non-hydrogen) atoms. The van der Waals surface area contributed by atoms with Crippen molar-refractivity contribution in [3.8, 4) is 11.1 Å². The lowest BCUT2D eigenvalue weighted by Crippen LogP contribution is -2.46. The first-order valence-electron chi connectivity index (χ1n) is 10.7. The van der Waals surface area contributed by atoms with Gasteiger partial charge in [0, 0.05) is 25.3 Å². The molecule has 0 unspecified atom stereocenters. The predicted molar refractivity (Wildman–Crippen MR) is 125 cm³/mol. The number of hydrogen-bond acceptors (Lipinski definition) is 4. The number of amides is 1. The van der Waals surface area contributed by atoms with Gasteiger partial charge in [0.25, 0.3) is 5.91 Å². The van der Waals surface area contributed by atoms with E-state index < -0.39 is 32.7 Å². The fraction of sp³-hybridized carbons (Fsp3) is 0.250. The SMILES string of the molecule is O=C(c1ccc(Cl)nc1)N1CCC(NS(=O)(=O)c2ccc(-c3ccccc3)cc2C(F)(F)F)CC1. The topological polar surface area (TPSA) is 79.4 Å². The maximum Gasteiger partial charge on any atom is 0.417 e. The lowest BCUT2D eigenvalue weighted by Gasteiger charge is -2.32. The monoisotopic (exact) mass is 523 g/mol. The van der Waals surface area contributed by atoms with Crippen molar-refractivity contribution in [3.05, 3.63) is 83.1 Å². The lowest BCUT2D eigenvalue weighted by atomic mass is 10.0. The largest absolute Gasteiger partial charge is 0.417 e. The van der Waals surface area contributed by atoms with Crippen LogP contribution in [0.25, 0.3) is 11.1 Å². The van der Waals surface area contributed by atoms with E-state index in [2.05, 4.69) is 9.71 Å². The molecule has 2 heterocycles. The van der Waals surface area contributed by atoms with Gasteiger partial charge in [-0.2, -0.15) is 13.2 Å². The summed E-state index contributed by atoms with van der Waals surface area (Å²) in [5.74, 6) is -0.272. The number of rotatable bonds is 5. The Morgan fingerprint density at radius 3 is 2.29 bits per heavy atom. The molecule has 0 aliphatic carbocycles. The number of nitrogens with zero attached hydrogens (tertiary/aromatic N) is 2. The normalized spacial score (nSPS) is 15.3. The van der Waals surface area contributed by atoms with Crippen molar-refractivity contribution in [2.75, 3.05) is 13.1 Å². The summed E-state index contributed by atoms with van der Waals surface area (Å²) in [5.41, 5.74) is -0.0702. The summed E-state index contributed by atoms with van der Waals surface area (Å²) in [4.78, 5) is 17.2. The Morgan fingerprint density at radius 1 is 1.00 bits per heavy atom. The highest BCUT2D eigenvalue weighted by atomic mass is 35.5. The quantitative estimate of drug-likeness (QED) is 0.477. The number of alkyl halides is 3. The Balaban J connectivity index is 1.49. The van der Waals surface area contributed by atoms with Crippen molar-refractivity contribution in [3.63, 3.8) is 0 Å². The van der Waals surface area contributed by atoms with Crippen LogP contribution in [0.4, 0.5) is 13.2 Å². The summed E-state index contributed by atoms with van der Waals surface area (Å²) in [6.45, 7) is 0.488. The molecule has 2 aromatic carbocycles. The number of halogens is 4. The minimum atomic E-state index is -4.86. The molecule has 4 rings (SSSR count). The number of pyridine rings is 1. The number of benzene rings is 2. The number of sulfonamides is 1. The van der Waals surface area contributed by atoms with Gasteiger partial charge in [0.2, 0.25) is 10.0 Å². The molecule has 184 valence electrons. The Bertz CT molecular complexity index is 1310. The molecule has 0 bridgehead atoms. The highest BCUT2D eigenvalue weighted by Crippen LogP contribution is 2.37. The van der Waals surface area contributed by atoms with Crippen molar-refractivity contribution in [2.24, 2.45) is 0 Å². The Labute approximate surface area is 205 Å². The van der Waals surface area contributed by atoms with Gasteiger partial charge in [-0.1, -0.05) is 48.0 Å². The number of nitrogens with one attached hydrogen (secondary N) is 1. The van der Waals surface area contributed by atoms with E-state index in [1.807, 2.05) is 0 Å². The molecular formula is C24H21ClF3N3O3S. The minimum absolute atomic E-state index is 0.244. The van der Waals surface area contributed by atoms with Crippen LogP contribution in [-0.2, 0) is 16.2 Å². The third kappa shape index (κ3) is 5.83. The molecule has 3 aromatic rings. The molecular weight excluding hydrogens is 503 g/mol. The Hall–Kier alpha value is -2.95. The van der Waals surface area contributed by atoms with E-state index in [4.69, 9.17) is 11.6 Å². The molecule has 1 amide bonds. The first kappa shape index (κ1) is 25.2. The van der Waals surface area contributed by atoms with Crippen molar-refractivity contribution in [2.45, 2.75) is 30.0 Å². The maximum atomic E-state index is 13.8. The third-order valence-corrected chi connectivity index (χ3v) is 7.56. The first-order chi connectivity index (χ1) is 16.5. The van der Waals surface area contributed by atoms with Gasteiger partial charge >= 0.3 is 6.18 Å². The van der Waals surface area contributed by atoms with Crippen LogP contribution in [0.5, 0.6) is 0 Å². The Kier molecular flexibility index (Phi) is 7.16. The van der Waals surface area contributed by atoms with E-state index in [9.17, 15) is 26.4 Å². The molecule has 1 aliphatic heterocycles. The van der Waals surface area contributed by atoms with Gasteiger partial charge in [0.15, 0.2) is 0 Å². The van der Waals surface area contributed by atoms with E-state index >= 15 is 0 Å². The highest BCUT2D eigenvalue weighted by molar-refractivity contribution is 7.89. The van der Waals surface area contributed by atoms with Crippen LogP contribution in [-0.4, -0.2) is 43.3 Å². The standard InChI is InChI=1S/C24H21ClF3N3O3S/c25-22-9-7-18(15-29-22)23(32)31-12-10-19(11-13-31)30-35(33,34)21-8-6-17(14-20(21)24(26,27)28)16-4-2-1-3-5-16/h1-9,14-15,19,30H,10-13H2. The van der Waals surface area contributed by atoms with Crippen molar-refractivity contribution < 1.29 is 26.4 Å². The second-order valence-corrected chi connectivity index (χ2v) is 10.2. The number of hydrogen-bond donors (Lipinski definition) is 1. The van der Waals surface area contributed by atoms with Gasteiger partial charge in [-0.3, -0.25) is 4.79 Å². The molecule has 0 atom stereocenters. The zero-order chi connectivity index (χ0) is 25.2. The maximum absolute atomic E-state index is 13.8. The van der Waals surface area contributed by atoms with Gasteiger partial charge in [0.1, 0.15) is 5.15 Å². The van der Waals surface area contributed by atoms with E-state index in [0.29, 0.717) is 11.1 Å². The Morgan fingerprint density at radius 2 is 1.69 bits per heavy atom. The molecule has 1 N–H and O–H groups in total. The predicted octanol–water partition coefficient (Wildman–Crippen LogP) is 5.00. The molecule has 0 saturated carbocycles. The first-order valence-corrected chi connectivity index (χ1v) is 12.6. The van der Waals surface area contributed by atoms with E-state index in [0.717, 1.165) is 12.1 Å². The molecule has 0 spiro atoms. The van der Waals surface area contributed by atoms with Crippen LogP contribution >= 0.6 is 11.6 Å². The number of aromatic nitrogens is 1. The van der Waals surface area contributed by atoms with Crippen LogP contribution < -0.4 is 4.72 Å². The number of carbonyl (C=O) groups is 1. The van der Waals surface area contributed by atoms with E-state index in [1.165, 1.54) is 18.3 Å². The summed E-state index contributed by atoms with van der Waals surface area (Å²) in [7, 11) is -4.47. The van der Waals surface area contributed by atoms with Crippen molar-refractivity contribution in [1.82, 2.24) is 14.6 Å². The average Bonchev–Trinajstić information content (AvgIpc) is 2.84. The number of carbonyl (C=O) groups excluding carboxylic acids is 1. The highest BCUT2D eigenvalue weighted by Gasteiger charge is 2.38. The fourth-order valence-corrected chi connectivity index (χ4v) is 5.59. The summed E-state index contributed by atoms with van der Waals surface area (Å²) < 4.78 is 69.8. The molecule has 1 fully saturated rings. The molecule has 11 heteroatoms. The van der Waals surface area contributed by atoms with Crippen LogP contribution in [0.1, 0.15) is 28.8 Å². The lowest BCUT2D eigenvalue weighted by molar-refractivity contribution is -0.139. The summed E-state index contributed by atoms with van der Waals surface area (Å²) in [5, 5.41) is 0.254. The molecule has 1 saturated heterocycles. The molecule has 0 radical (unpaired) electrons. The van der Waals surface area contributed by atoms with E-state index in [1.54, 1.807) is 41.3 Å². The van der Waals surface area contributed by atoms with Gasteiger partial charge in [-0.15, -0.1) is 0 Å². The second-order valence-electron chi connectivity index (χ2n) is 8.13. The summed E-state index contributed by atoms with van der Waals surface area (Å²) in [6, 6.07) is 14.1. The van der Waals surface area contributed by atoms with Gasteiger partial charge < -0.3 is 4.90 Å². The van der Waals surface area contributed by atoms with Crippen LogP contribution in [0, 0.1) is 0 Å². The fourth-order valence-electron chi connectivity index (χ4n) is 3.96. The molecule has 1 aromatic heterocycles. The zero-order valence-electron chi connectivity index (χ0n) is 18.3. The smallest absolute Gasteiger partial charge is 0.338 e. The van der Waals surface area contributed by atoms with Crippen LogP contribution in [0.15, 0.2) is 71.8 Å². The van der Waals surface area contributed by atoms with Gasteiger partial charge in [-0.05, 0) is 48.2 Å². The van der Waals surface area contributed by atoms with Gasteiger partial charge in [0.05, 0.1) is 16.0 Å². The zero-order valence-corrected chi connectivity index (χ0v) is 19.9. The molecule has 6 nitrogen and oxygen atoms in total.